The maximum Gasteiger partial charge on any atom is 0.139 e. The van der Waals surface area contributed by atoms with E-state index in [1.807, 2.05) is 4.57 Å². The second kappa shape index (κ2) is 6.33. The van der Waals surface area contributed by atoms with Gasteiger partial charge in [-0.3, -0.25) is 4.21 Å². The number of benzene rings is 1. The van der Waals surface area contributed by atoms with Crippen LogP contribution in [0.4, 0.5) is 4.39 Å². The van der Waals surface area contributed by atoms with Gasteiger partial charge in [-0.2, -0.15) is 0 Å². The molecule has 1 aromatic carbocycles. The third kappa shape index (κ3) is 3.35. The quantitative estimate of drug-likeness (QED) is 0.761. The lowest BCUT2D eigenvalue weighted by Gasteiger charge is -2.07. The van der Waals surface area contributed by atoms with Gasteiger partial charge in [0.05, 0.1) is 15.5 Å². The summed E-state index contributed by atoms with van der Waals surface area (Å²) in [6.45, 7) is 0.549. The van der Waals surface area contributed by atoms with Crippen LogP contribution in [0.1, 0.15) is 5.82 Å². The zero-order valence-electron chi connectivity index (χ0n) is 10.3. The van der Waals surface area contributed by atoms with Crippen LogP contribution in [0.15, 0.2) is 16.6 Å². The average Bonchev–Trinajstić information content (AvgIpc) is 2.65. The number of imidazole rings is 1. The van der Waals surface area contributed by atoms with Gasteiger partial charge in [0.25, 0.3) is 0 Å². The van der Waals surface area contributed by atoms with Gasteiger partial charge < -0.3 is 4.57 Å². The van der Waals surface area contributed by atoms with Crippen LogP contribution < -0.4 is 0 Å². The summed E-state index contributed by atoms with van der Waals surface area (Å²) in [7, 11) is -0.900. The monoisotopic (exact) mass is 366 g/mol. The maximum absolute atomic E-state index is 13.6. The molecule has 0 N–H and O–H groups in total. The Morgan fingerprint density at radius 1 is 1.53 bits per heavy atom. The first-order chi connectivity index (χ1) is 9.02. The number of nitrogens with zero attached hydrogens (tertiary/aromatic N) is 2. The fourth-order valence-corrected chi connectivity index (χ4v) is 2.85. The first-order valence-corrected chi connectivity index (χ1v) is 8.78. The molecule has 0 radical (unpaired) electrons. The Hall–Kier alpha value is -0.460. The molecule has 0 amide bonds. The van der Waals surface area contributed by atoms with E-state index in [2.05, 4.69) is 20.9 Å². The van der Waals surface area contributed by atoms with Crippen molar-refractivity contribution in [2.75, 3.05) is 17.9 Å². The molecule has 19 heavy (non-hydrogen) atoms. The molecule has 7 heteroatoms. The molecule has 0 aliphatic heterocycles. The summed E-state index contributed by atoms with van der Waals surface area (Å²) in [5.41, 5.74) is 1.43. The minimum Gasteiger partial charge on any atom is -0.327 e. The number of fused-ring (bicyclic) bond motifs is 1. The van der Waals surface area contributed by atoms with Crippen LogP contribution in [-0.4, -0.2) is 31.6 Å². The molecular weight excluding hydrogens is 355 g/mol. The van der Waals surface area contributed by atoms with Gasteiger partial charge in [-0.15, -0.1) is 11.6 Å². The Morgan fingerprint density at radius 2 is 2.26 bits per heavy atom. The molecule has 1 heterocycles. The van der Waals surface area contributed by atoms with Gasteiger partial charge in [-0.1, -0.05) is 0 Å². The van der Waals surface area contributed by atoms with Gasteiger partial charge >= 0.3 is 0 Å². The second-order valence-corrected chi connectivity index (χ2v) is 6.94. The van der Waals surface area contributed by atoms with E-state index in [1.54, 1.807) is 12.3 Å². The molecule has 0 saturated heterocycles. The number of halogens is 3. The normalized spacial score (nSPS) is 13.1. The van der Waals surface area contributed by atoms with Crippen molar-refractivity contribution in [2.24, 2.45) is 0 Å². The van der Waals surface area contributed by atoms with Crippen LogP contribution in [0.25, 0.3) is 11.0 Å². The summed E-state index contributed by atoms with van der Waals surface area (Å²) in [6.07, 6.45) is 2.25. The molecule has 1 aromatic heterocycles. The van der Waals surface area contributed by atoms with Crippen LogP contribution in [0, 0.1) is 5.82 Å². The predicted molar refractivity (Wildman–Crippen MR) is 80.7 cm³/mol. The summed E-state index contributed by atoms with van der Waals surface area (Å²) in [5.74, 6) is 1.43. The topological polar surface area (TPSA) is 34.9 Å². The van der Waals surface area contributed by atoms with Gasteiger partial charge in [-0.05, 0) is 22.0 Å². The van der Waals surface area contributed by atoms with E-state index in [4.69, 9.17) is 11.6 Å². The summed E-state index contributed by atoms with van der Waals surface area (Å²) in [5, 5.41) is 0. The Bertz CT molecular complexity index is 632. The minimum absolute atomic E-state index is 0.330. The highest BCUT2D eigenvalue weighted by molar-refractivity contribution is 9.10. The molecular formula is C12H13BrClFN2OS. The lowest BCUT2D eigenvalue weighted by molar-refractivity contribution is 0.621. The zero-order valence-corrected chi connectivity index (χ0v) is 13.5. The van der Waals surface area contributed by atoms with Crippen LogP contribution in [0.2, 0.25) is 0 Å². The number of aromatic nitrogens is 2. The average molecular weight is 368 g/mol. The lowest BCUT2D eigenvalue weighted by atomic mass is 10.3. The Kier molecular flexibility index (Phi) is 4.97. The number of alkyl halides is 1. The fourth-order valence-electron chi connectivity index (χ4n) is 1.91. The first kappa shape index (κ1) is 14.9. The van der Waals surface area contributed by atoms with Gasteiger partial charge in [-0.25, -0.2) is 9.37 Å². The summed E-state index contributed by atoms with van der Waals surface area (Å²) < 4.78 is 27.2. The molecule has 3 nitrogen and oxygen atoms in total. The predicted octanol–water partition coefficient (Wildman–Crippen LogP) is 3.10. The standard InChI is InChI=1S/C12H13BrClFN2OS/c1-19(18)5-4-17-11-7-9(15)8(13)6-10(11)16-12(17)2-3-14/h6-7H,2-5H2,1H3. The highest BCUT2D eigenvalue weighted by Gasteiger charge is 2.13. The number of hydrogen-bond acceptors (Lipinski definition) is 2. The SMILES string of the molecule is CS(=O)CCn1c(CCCl)nc2cc(Br)c(F)cc21. The molecule has 1 unspecified atom stereocenters. The van der Waals surface area contributed by atoms with Crippen LogP contribution in [0.3, 0.4) is 0 Å². The summed E-state index contributed by atoms with van der Waals surface area (Å²) >= 11 is 8.92. The molecule has 0 spiro atoms. The number of hydrogen-bond donors (Lipinski definition) is 0. The smallest absolute Gasteiger partial charge is 0.139 e. The Balaban J connectivity index is 2.51. The van der Waals surface area contributed by atoms with E-state index in [0.29, 0.717) is 34.6 Å². The molecule has 0 bridgehead atoms. The first-order valence-electron chi connectivity index (χ1n) is 5.73. The Morgan fingerprint density at radius 3 is 2.89 bits per heavy atom. The van der Waals surface area contributed by atoms with Crippen molar-refractivity contribution in [1.82, 2.24) is 9.55 Å². The van der Waals surface area contributed by atoms with Crippen molar-refractivity contribution in [3.05, 3.63) is 28.2 Å². The van der Waals surface area contributed by atoms with Crippen molar-refractivity contribution >= 4 is 49.4 Å². The van der Waals surface area contributed by atoms with Crippen molar-refractivity contribution in [3.8, 4) is 0 Å². The van der Waals surface area contributed by atoms with E-state index >= 15 is 0 Å². The van der Waals surface area contributed by atoms with E-state index in [1.165, 1.54) is 6.07 Å². The minimum atomic E-state index is -0.900. The molecule has 0 aliphatic carbocycles. The number of aryl methyl sites for hydroxylation is 2. The number of rotatable bonds is 5. The second-order valence-electron chi connectivity index (χ2n) is 4.15. The van der Waals surface area contributed by atoms with Gasteiger partial charge in [0.1, 0.15) is 11.6 Å². The van der Waals surface area contributed by atoms with Crippen molar-refractivity contribution in [3.63, 3.8) is 0 Å². The molecule has 104 valence electrons. The van der Waals surface area contributed by atoms with Crippen LogP contribution in [0.5, 0.6) is 0 Å². The lowest BCUT2D eigenvalue weighted by Crippen LogP contribution is -2.10. The van der Waals surface area contributed by atoms with Gasteiger partial charge in [0.2, 0.25) is 0 Å². The van der Waals surface area contributed by atoms with Crippen LogP contribution in [-0.2, 0) is 23.8 Å². The highest BCUT2D eigenvalue weighted by atomic mass is 79.9. The molecule has 1 atom stereocenters. The highest BCUT2D eigenvalue weighted by Crippen LogP contribution is 2.24. The third-order valence-corrected chi connectivity index (χ3v) is 4.34. The molecule has 2 rings (SSSR count). The molecule has 0 aliphatic rings. The van der Waals surface area contributed by atoms with Crippen molar-refractivity contribution < 1.29 is 8.60 Å². The van der Waals surface area contributed by atoms with E-state index in [9.17, 15) is 8.60 Å². The van der Waals surface area contributed by atoms with Gasteiger partial charge in [0, 0.05) is 47.7 Å². The molecule has 2 aromatic rings. The van der Waals surface area contributed by atoms with E-state index in [-0.39, 0.29) is 5.82 Å². The van der Waals surface area contributed by atoms with Crippen molar-refractivity contribution in [2.45, 2.75) is 13.0 Å². The van der Waals surface area contributed by atoms with Crippen LogP contribution >= 0.6 is 27.5 Å². The fraction of sp³-hybridized carbons (Fsp3) is 0.417. The zero-order chi connectivity index (χ0) is 14.0. The van der Waals surface area contributed by atoms with Gasteiger partial charge in [0.15, 0.2) is 0 Å². The van der Waals surface area contributed by atoms with E-state index in [0.717, 1.165) is 11.3 Å². The Labute approximate surface area is 126 Å². The third-order valence-electron chi connectivity index (χ3n) is 2.79. The van der Waals surface area contributed by atoms with E-state index < -0.39 is 10.8 Å². The maximum atomic E-state index is 13.6. The summed E-state index contributed by atoms with van der Waals surface area (Å²) in [4.78, 5) is 4.47. The largest absolute Gasteiger partial charge is 0.327 e. The molecule has 0 saturated carbocycles. The summed E-state index contributed by atoms with van der Waals surface area (Å²) in [6, 6.07) is 3.10. The van der Waals surface area contributed by atoms with Crippen molar-refractivity contribution in [1.29, 1.82) is 0 Å². The molecule has 0 fully saturated rings.